The molecule has 1 aliphatic heterocycles. The first-order valence-electron chi connectivity index (χ1n) is 6.13. The number of ether oxygens (including phenoxy) is 1. The molecule has 6 heteroatoms. The van der Waals surface area contributed by atoms with Crippen LogP contribution in [-0.4, -0.2) is 4.92 Å². The van der Waals surface area contributed by atoms with Crippen LogP contribution in [0.1, 0.15) is 17.2 Å². The molecule has 0 aliphatic carbocycles. The highest BCUT2D eigenvalue weighted by atomic mass is 35.5. The van der Waals surface area contributed by atoms with Crippen LogP contribution in [-0.2, 0) is 0 Å². The molecule has 2 aromatic carbocycles. The lowest BCUT2D eigenvalue weighted by atomic mass is 10.0. The van der Waals surface area contributed by atoms with Crippen molar-refractivity contribution in [3.63, 3.8) is 0 Å². The van der Waals surface area contributed by atoms with Crippen molar-refractivity contribution in [2.45, 2.75) is 6.10 Å². The molecule has 4 nitrogen and oxygen atoms in total. The zero-order valence-electron chi connectivity index (χ0n) is 10.6. The molecule has 0 amide bonds. The fourth-order valence-electron chi connectivity index (χ4n) is 2.21. The Labute approximate surface area is 130 Å². The minimum absolute atomic E-state index is 0.0575. The molecule has 0 bridgehead atoms. The number of halogens is 2. The molecule has 0 spiro atoms. The van der Waals surface area contributed by atoms with E-state index in [0.717, 1.165) is 0 Å². The van der Waals surface area contributed by atoms with Crippen LogP contribution in [0.5, 0.6) is 5.75 Å². The van der Waals surface area contributed by atoms with Gasteiger partial charge >= 0.3 is 0 Å². The second-order valence-electron chi connectivity index (χ2n) is 4.53. The third kappa shape index (κ3) is 2.60. The van der Waals surface area contributed by atoms with Gasteiger partial charge in [0.05, 0.1) is 4.92 Å². The SMILES string of the molecule is O=[N+]([O-])C1=Cc2ccccc2OC1c1ccc(Cl)cc1Cl. The van der Waals surface area contributed by atoms with Crippen LogP contribution in [0, 0.1) is 10.1 Å². The van der Waals surface area contributed by atoms with Gasteiger partial charge in [-0.3, -0.25) is 10.1 Å². The lowest BCUT2D eigenvalue weighted by Gasteiger charge is -2.23. The fourth-order valence-corrected chi connectivity index (χ4v) is 2.72. The van der Waals surface area contributed by atoms with Crippen molar-refractivity contribution in [2.75, 3.05) is 0 Å². The Balaban J connectivity index is 2.12. The number of hydrogen-bond donors (Lipinski definition) is 0. The van der Waals surface area contributed by atoms with Crippen LogP contribution in [0.4, 0.5) is 0 Å². The lowest BCUT2D eigenvalue weighted by Crippen LogP contribution is -2.20. The van der Waals surface area contributed by atoms with E-state index in [1.807, 2.05) is 6.07 Å². The van der Waals surface area contributed by atoms with E-state index < -0.39 is 11.0 Å². The van der Waals surface area contributed by atoms with Gasteiger partial charge in [-0.15, -0.1) is 0 Å². The number of para-hydroxylation sites is 1. The monoisotopic (exact) mass is 321 g/mol. The Kier molecular flexibility index (Phi) is 3.57. The Morgan fingerprint density at radius 1 is 1.14 bits per heavy atom. The first-order valence-corrected chi connectivity index (χ1v) is 6.88. The van der Waals surface area contributed by atoms with Crippen LogP contribution in [0.2, 0.25) is 10.0 Å². The van der Waals surface area contributed by atoms with E-state index in [4.69, 9.17) is 27.9 Å². The first kappa shape index (κ1) is 13.9. The molecule has 0 saturated carbocycles. The van der Waals surface area contributed by atoms with Crippen molar-refractivity contribution < 1.29 is 9.66 Å². The Hall–Kier alpha value is -2.04. The zero-order chi connectivity index (χ0) is 15.0. The molecule has 0 fully saturated rings. The highest BCUT2D eigenvalue weighted by molar-refractivity contribution is 6.35. The maximum atomic E-state index is 11.3. The average molecular weight is 322 g/mol. The van der Waals surface area contributed by atoms with Gasteiger partial charge in [0.25, 0.3) is 5.70 Å². The molecule has 1 heterocycles. The predicted octanol–water partition coefficient (Wildman–Crippen LogP) is 4.74. The standard InChI is InChI=1S/C15H9Cl2NO3/c16-10-5-6-11(12(17)8-10)15-13(18(19)20)7-9-3-1-2-4-14(9)21-15/h1-8,15H. The number of benzene rings is 2. The van der Waals surface area contributed by atoms with Gasteiger partial charge in [-0.25, -0.2) is 0 Å². The van der Waals surface area contributed by atoms with E-state index >= 15 is 0 Å². The van der Waals surface area contributed by atoms with Crippen LogP contribution < -0.4 is 4.74 Å². The summed E-state index contributed by atoms with van der Waals surface area (Å²) < 4.78 is 5.78. The number of fused-ring (bicyclic) bond motifs is 1. The topological polar surface area (TPSA) is 52.4 Å². The summed E-state index contributed by atoms with van der Waals surface area (Å²) in [4.78, 5) is 10.9. The third-order valence-electron chi connectivity index (χ3n) is 3.19. The molecule has 1 unspecified atom stereocenters. The number of nitro groups is 1. The molecule has 1 aliphatic rings. The summed E-state index contributed by atoms with van der Waals surface area (Å²) in [5.41, 5.74) is 1.13. The molecule has 2 aromatic rings. The Morgan fingerprint density at radius 3 is 2.62 bits per heavy atom. The Bertz CT molecular complexity index is 758. The van der Waals surface area contributed by atoms with E-state index in [1.165, 1.54) is 6.08 Å². The van der Waals surface area contributed by atoms with Crippen molar-refractivity contribution in [2.24, 2.45) is 0 Å². The fraction of sp³-hybridized carbons (Fsp3) is 0.0667. The van der Waals surface area contributed by atoms with Crippen LogP contribution in [0.25, 0.3) is 6.08 Å². The summed E-state index contributed by atoms with van der Waals surface area (Å²) in [6.45, 7) is 0. The van der Waals surface area contributed by atoms with Gasteiger partial charge in [0.15, 0.2) is 0 Å². The van der Waals surface area contributed by atoms with Crippen LogP contribution in [0.15, 0.2) is 48.2 Å². The van der Waals surface area contributed by atoms with Gasteiger partial charge in [0.2, 0.25) is 6.10 Å². The molecule has 0 N–H and O–H groups in total. The number of hydrogen-bond acceptors (Lipinski definition) is 3. The Morgan fingerprint density at radius 2 is 1.90 bits per heavy atom. The van der Waals surface area contributed by atoms with Crippen molar-refractivity contribution in [3.05, 3.63) is 79.4 Å². The summed E-state index contributed by atoms with van der Waals surface area (Å²) in [5, 5.41) is 12.1. The van der Waals surface area contributed by atoms with Gasteiger partial charge in [-0.05, 0) is 18.2 Å². The average Bonchev–Trinajstić information content (AvgIpc) is 2.46. The normalized spacial score (nSPS) is 16.7. The first-order chi connectivity index (χ1) is 10.1. The van der Waals surface area contributed by atoms with Crippen molar-refractivity contribution in [1.29, 1.82) is 0 Å². The molecule has 0 saturated heterocycles. The summed E-state index contributed by atoms with van der Waals surface area (Å²) >= 11 is 12.0. The van der Waals surface area contributed by atoms with Crippen molar-refractivity contribution in [1.82, 2.24) is 0 Å². The van der Waals surface area contributed by atoms with Gasteiger partial charge in [0, 0.05) is 27.2 Å². The molecule has 0 radical (unpaired) electrons. The minimum Gasteiger partial charge on any atom is -0.474 e. The summed E-state index contributed by atoms with van der Waals surface area (Å²) in [6, 6.07) is 11.9. The smallest absolute Gasteiger partial charge is 0.291 e. The van der Waals surface area contributed by atoms with E-state index in [9.17, 15) is 10.1 Å². The van der Waals surface area contributed by atoms with Gasteiger partial charge in [-0.2, -0.15) is 0 Å². The molecular formula is C15H9Cl2NO3. The molecule has 3 rings (SSSR count). The van der Waals surface area contributed by atoms with E-state index in [2.05, 4.69) is 0 Å². The van der Waals surface area contributed by atoms with Gasteiger partial charge in [0.1, 0.15) is 5.75 Å². The zero-order valence-corrected chi connectivity index (χ0v) is 12.1. The van der Waals surface area contributed by atoms with Crippen LogP contribution in [0.3, 0.4) is 0 Å². The second-order valence-corrected chi connectivity index (χ2v) is 5.37. The minimum atomic E-state index is -0.861. The van der Waals surface area contributed by atoms with Crippen LogP contribution >= 0.6 is 23.2 Å². The summed E-state index contributed by atoms with van der Waals surface area (Å²) in [5.74, 6) is 0.583. The lowest BCUT2D eigenvalue weighted by molar-refractivity contribution is -0.434. The van der Waals surface area contributed by atoms with Gasteiger partial charge in [-0.1, -0.05) is 47.5 Å². The second kappa shape index (κ2) is 5.39. The quantitative estimate of drug-likeness (QED) is 0.592. The highest BCUT2D eigenvalue weighted by Gasteiger charge is 2.34. The number of rotatable bonds is 2. The maximum Gasteiger partial charge on any atom is 0.291 e. The molecule has 0 aromatic heterocycles. The number of nitrogens with zero attached hydrogens (tertiary/aromatic N) is 1. The summed E-state index contributed by atoms with van der Waals surface area (Å²) in [7, 11) is 0. The van der Waals surface area contributed by atoms with E-state index in [1.54, 1.807) is 36.4 Å². The summed E-state index contributed by atoms with van der Waals surface area (Å²) in [6.07, 6.45) is 0.647. The van der Waals surface area contributed by atoms with E-state index in [0.29, 0.717) is 26.9 Å². The van der Waals surface area contributed by atoms with Gasteiger partial charge < -0.3 is 4.74 Å². The maximum absolute atomic E-state index is 11.3. The molecular weight excluding hydrogens is 313 g/mol. The molecule has 21 heavy (non-hydrogen) atoms. The highest BCUT2D eigenvalue weighted by Crippen LogP contribution is 2.40. The van der Waals surface area contributed by atoms with E-state index in [-0.39, 0.29) is 5.70 Å². The molecule has 1 atom stereocenters. The van der Waals surface area contributed by atoms with Crippen molar-refractivity contribution in [3.8, 4) is 5.75 Å². The third-order valence-corrected chi connectivity index (χ3v) is 3.75. The van der Waals surface area contributed by atoms with Crippen molar-refractivity contribution >= 4 is 29.3 Å². The predicted molar refractivity (Wildman–Crippen MR) is 81.2 cm³/mol. The molecule has 106 valence electrons. The largest absolute Gasteiger partial charge is 0.474 e.